The van der Waals surface area contributed by atoms with Crippen molar-refractivity contribution in [3.8, 4) is 0 Å². The van der Waals surface area contributed by atoms with Crippen molar-refractivity contribution >= 4 is 16.0 Å². The van der Waals surface area contributed by atoms with Crippen molar-refractivity contribution in [2.45, 2.75) is 39.5 Å². The summed E-state index contributed by atoms with van der Waals surface area (Å²) in [5.74, 6) is -0.390. The molecule has 0 aromatic carbocycles. The first-order valence-electron chi connectivity index (χ1n) is 6.70. The Kier molecular flexibility index (Phi) is 5.94. The molecule has 2 N–H and O–H groups in total. The van der Waals surface area contributed by atoms with Gasteiger partial charge in [-0.15, -0.1) is 0 Å². The molecule has 1 rings (SSSR count). The van der Waals surface area contributed by atoms with Gasteiger partial charge in [-0.2, -0.15) is 0 Å². The monoisotopic (exact) mass is 318 g/mol. The minimum atomic E-state index is -3.86. The highest BCUT2D eigenvalue weighted by Crippen LogP contribution is 2.23. The lowest BCUT2D eigenvalue weighted by molar-refractivity contribution is 0.0519. The Bertz CT molecular complexity index is 604. The molecule has 0 radical (unpaired) electrons. The van der Waals surface area contributed by atoms with Crippen molar-refractivity contribution in [3.05, 3.63) is 17.0 Å². The largest absolute Gasteiger partial charge is 0.461 e. The molecule has 0 aliphatic carbocycles. The predicted octanol–water partition coefficient (Wildman–Crippen LogP) is 1.67. The summed E-state index contributed by atoms with van der Waals surface area (Å²) < 4.78 is 29.4. The fraction of sp³-hybridized carbons (Fsp3) is 0.615. The molecule has 0 aliphatic rings. The van der Waals surface area contributed by atoms with Crippen molar-refractivity contribution in [2.24, 2.45) is 5.92 Å². The third-order valence-corrected chi connectivity index (χ3v) is 4.19. The van der Waals surface area contributed by atoms with Crippen LogP contribution in [0.3, 0.4) is 0 Å². The van der Waals surface area contributed by atoms with Gasteiger partial charge >= 0.3 is 5.97 Å². The summed E-state index contributed by atoms with van der Waals surface area (Å²) in [6, 6.07) is 0. The maximum Gasteiger partial charge on any atom is 0.355 e. The molecule has 120 valence electrons. The molecule has 0 saturated carbocycles. The van der Waals surface area contributed by atoms with Gasteiger partial charge in [-0.05, 0) is 26.7 Å². The number of aromatic nitrogens is 1. The topological polar surface area (TPSA) is 97.5 Å². The van der Waals surface area contributed by atoms with Gasteiger partial charge in [-0.25, -0.2) is 13.2 Å². The Morgan fingerprint density at radius 3 is 2.48 bits per heavy atom. The Morgan fingerprint density at radius 1 is 1.33 bits per heavy atom. The zero-order chi connectivity index (χ0) is 16.2. The summed E-state index contributed by atoms with van der Waals surface area (Å²) in [7, 11) is -3.86. The Hall–Kier alpha value is -1.38. The first-order chi connectivity index (χ1) is 9.70. The molecular weight excluding hydrogens is 296 g/mol. The van der Waals surface area contributed by atoms with Gasteiger partial charge in [0, 0.05) is 11.3 Å². The van der Waals surface area contributed by atoms with E-state index in [0.717, 1.165) is 0 Å². The average Bonchev–Trinajstić information content (AvgIpc) is 2.64. The maximum absolute atomic E-state index is 12.2. The number of aromatic amines is 1. The summed E-state index contributed by atoms with van der Waals surface area (Å²) in [5.41, 5.74) is 0.807. The van der Waals surface area contributed by atoms with E-state index in [9.17, 15) is 13.2 Å². The standard InChI is InChI=1S/C13H22N2O5S/c1-6-19-13(16)11-9(4)12(10(5)14-11)21(17,18)15-20-7-8(2)3/h8,14-15H,6-7H2,1-5H3. The summed E-state index contributed by atoms with van der Waals surface area (Å²) >= 11 is 0. The minimum Gasteiger partial charge on any atom is -0.461 e. The van der Waals surface area contributed by atoms with E-state index in [4.69, 9.17) is 9.57 Å². The van der Waals surface area contributed by atoms with Crippen LogP contribution in [-0.4, -0.2) is 32.6 Å². The Morgan fingerprint density at radius 2 is 1.95 bits per heavy atom. The molecule has 1 aromatic heterocycles. The highest BCUT2D eigenvalue weighted by atomic mass is 32.2. The minimum absolute atomic E-state index is 0.00862. The van der Waals surface area contributed by atoms with Crippen molar-refractivity contribution < 1.29 is 22.8 Å². The molecule has 0 aliphatic heterocycles. The molecule has 0 amide bonds. The number of esters is 1. The van der Waals surface area contributed by atoms with Crippen LogP contribution < -0.4 is 4.89 Å². The first kappa shape index (κ1) is 17.7. The highest BCUT2D eigenvalue weighted by molar-refractivity contribution is 7.89. The van der Waals surface area contributed by atoms with Gasteiger partial charge in [0.1, 0.15) is 10.6 Å². The lowest BCUT2D eigenvalue weighted by atomic mass is 10.2. The number of ether oxygens (including phenoxy) is 1. The normalized spacial score (nSPS) is 11.9. The van der Waals surface area contributed by atoms with E-state index in [1.54, 1.807) is 20.8 Å². The summed E-state index contributed by atoms with van der Waals surface area (Å²) in [6.45, 7) is 9.09. The SMILES string of the molecule is CCOC(=O)c1[nH]c(C)c(S(=O)(=O)NOCC(C)C)c1C. The fourth-order valence-corrected chi connectivity index (χ4v) is 3.13. The number of sulfonamides is 1. The molecule has 0 saturated heterocycles. The van der Waals surface area contributed by atoms with E-state index in [0.29, 0.717) is 11.3 Å². The van der Waals surface area contributed by atoms with Gasteiger partial charge in [0.2, 0.25) is 0 Å². The van der Waals surface area contributed by atoms with Gasteiger partial charge in [-0.3, -0.25) is 4.84 Å². The van der Waals surface area contributed by atoms with Gasteiger partial charge in [0.05, 0.1) is 13.2 Å². The quantitative estimate of drug-likeness (QED) is 0.589. The summed E-state index contributed by atoms with van der Waals surface area (Å²) in [5, 5.41) is 0. The summed E-state index contributed by atoms with van der Waals surface area (Å²) in [6.07, 6.45) is 0. The lowest BCUT2D eigenvalue weighted by Crippen LogP contribution is -2.26. The van der Waals surface area contributed by atoms with Crippen molar-refractivity contribution in [2.75, 3.05) is 13.2 Å². The zero-order valence-corrected chi connectivity index (χ0v) is 13.8. The van der Waals surface area contributed by atoms with Crippen LogP contribution in [0.5, 0.6) is 0 Å². The van der Waals surface area contributed by atoms with Crippen molar-refractivity contribution in [1.82, 2.24) is 9.87 Å². The molecule has 0 bridgehead atoms. The first-order valence-corrected chi connectivity index (χ1v) is 8.18. The van der Waals surface area contributed by atoms with Crippen LogP contribution in [0.15, 0.2) is 4.90 Å². The number of hydrogen-bond acceptors (Lipinski definition) is 5. The number of aryl methyl sites for hydroxylation is 1. The van der Waals surface area contributed by atoms with Crippen LogP contribution in [0.1, 0.15) is 42.5 Å². The molecule has 21 heavy (non-hydrogen) atoms. The molecule has 1 heterocycles. The molecule has 8 heteroatoms. The number of hydrogen-bond donors (Lipinski definition) is 2. The second-order valence-corrected chi connectivity index (χ2v) is 6.67. The maximum atomic E-state index is 12.2. The lowest BCUT2D eigenvalue weighted by Gasteiger charge is -2.09. The van der Waals surface area contributed by atoms with Crippen molar-refractivity contribution in [1.29, 1.82) is 0 Å². The molecule has 0 fully saturated rings. The summed E-state index contributed by atoms with van der Waals surface area (Å²) in [4.78, 5) is 21.6. The molecule has 0 spiro atoms. The molecule has 7 nitrogen and oxygen atoms in total. The fourth-order valence-electron chi connectivity index (χ4n) is 1.86. The molecular formula is C13H22N2O5S. The number of carbonyl (C=O) groups is 1. The van der Waals surface area contributed by atoms with Crippen LogP contribution in [0, 0.1) is 19.8 Å². The third kappa shape index (κ3) is 4.29. The number of rotatable bonds is 7. The van der Waals surface area contributed by atoms with E-state index >= 15 is 0 Å². The van der Waals surface area contributed by atoms with Crippen molar-refractivity contribution in [3.63, 3.8) is 0 Å². The third-order valence-electron chi connectivity index (χ3n) is 2.70. The van der Waals surface area contributed by atoms with E-state index in [-0.39, 0.29) is 29.7 Å². The van der Waals surface area contributed by atoms with Gasteiger partial charge in [0.25, 0.3) is 10.0 Å². The van der Waals surface area contributed by atoms with Crippen LogP contribution in [-0.2, 0) is 19.6 Å². The van der Waals surface area contributed by atoms with Gasteiger partial charge < -0.3 is 9.72 Å². The predicted molar refractivity (Wildman–Crippen MR) is 77.3 cm³/mol. The number of carbonyl (C=O) groups excluding carboxylic acids is 1. The Labute approximate surface area is 125 Å². The number of nitrogens with one attached hydrogen (secondary N) is 2. The Balaban J connectivity index is 3.05. The smallest absolute Gasteiger partial charge is 0.355 e. The van der Waals surface area contributed by atoms with Crippen LogP contribution in [0.2, 0.25) is 0 Å². The average molecular weight is 318 g/mol. The van der Waals surface area contributed by atoms with Gasteiger partial charge in [-0.1, -0.05) is 18.7 Å². The zero-order valence-electron chi connectivity index (χ0n) is 12.9. The second-order valence-electron chi connectivity index (χ2n) is 5.09. The number of H-pyrrole nitrogens is 1. The van der Waals surface area contributed by atoms with Crippen LogP contribution in [0.4, 0.5) is 0 Å². The highest BCUT2D eigenvalue weighted by Gasteiger charge is 2.27. The van der Waals surface area contributed by atoms with E-state index in [1.807, 2.05) is 13.8 Å². The van der Waals surface area contributed by atoms with Gasteiger partial charge in [0.15, 0.2) is 0 Å². The van der Waals surface area contributed by atoms with E-state index in [1.165, 1.54) is 0 Å². The molecule has 1 aromatic rings. The molecule has 0 unspecified atom stereocenters. The molecule has 0 atom stereocenters. The van der Waals surface area contributed by atoms with E-state index < -0.39 is 16.0 Å². The van der Waals surface area contributed by atoms with Crippen LogP contribution >= 0.6 is 0 Å². The van der Waals surface area contributed by atoms with E-state index in [2.05, 4.69) is 9.87 Å². The second kappa shape index (κ2) is 7.06. The van der Waals surface area contributed by atoms with Crippen LogP contribution in [0.25, 0.3) is 0 Å².